The van der Waals surface area contributed by atoms with Crippen molar-refractivity contribution < 1.29 is 18.9 Å². The third kappa shape index (κ3) is 1.62. The van der Waals surface area contributed by atoms with Crippen LogP contribution >= 0.6 is 0 Å². The number of nitrogens with zero attached hydrogens (tertiary/aromatic N) is 1. The summed E-state index contributed by atoms with van der Waals surface area (Å²) in [7, 11) is 0. The molecule has 0 fully saturated rings. The van der Waals surface area contributed by atoms with E-state index in [1.807, 2.05) is 6.07 Å². The second-order valence-corrected chi connectivity index (χ2v) is 6.74. The molecule has 4 heterocycles. The molecule has 0 N–H and O–H groups in total. The Bertz CT molecular complexity index is 863. The molecule has 5 heteroatoms. The van der Waals surface area contributed by atoms with Crippen LogP contribution in [0.25, 0.3) is 0 Å². The van der Waals surface area contributed by atoms with E-state index in [-0.39, 0.29) is 0 Å². The Kier molecular flexibility index (Phi) is 2.47. The van der Waals surface area contributed by atoms with Gasteiger partial charge < -0.3 is 18.9 Å². The third-order valence-electron chi connectivity index (χ3n) is 5.64. The lowest BCUT2D eigenvalue weighted by atomic mass is 9.83. The highest BCUT2D eigenvalue weighted by Gasteiger charge is 2.37. The van der Waals surface area contributed by atoms with Gasteiger partial charge in [0.1, 0.15) is 0 Å². The minimum atomic E-state index is 0.335. The Morgan fingerprint density at radius 1 is 0.833 bits per heavy atom. The number of fused-ring (bicyclic) bond motifs is 8. The second kappa shape index (κ2) is 4.57. The van der Waals surface area contributed by atoms with Crippen LogP contribution in [0.15, 0.2) is 24.3 Å². The van der Waals surface area contributed by atoms with Crippen molar-refractivity contribution >= 4 is 0 Å². The summed E-state index contributed by atoms with van der Waals surface area (Å²) in [6.45, 7) is 2.62. The monoisotopic (exact) mass is 323 g/mol. The lowest BCUT2D eigenvalue weighted by molar-refractivity contribution is 0.149. The molecule has 0 aliphatic carbocycles. The van der Waals surface area contributed by atoms with Crippen molar-refractivity contribution in [2.75, 3.05) is 20.1 Å². The molecule has 0 spiro atoms. The molecule has 0 radical (unpaired) electrons. The topological polar surface area (TPSA) is 40.2 Å². The van der Waals surface area contributed by atoms with Crippen molar-refractivity contribution in [3.05, 3.63) is 46.5 Å². The van der Waals surface area contributed by atoms with E-state index in [4.69, 9.17) is 18.9 Å². The fourth-order valence-corrected chi connectivity index (χ4v) is 4.50. The van der Waals surface area contributed by atoms with Gasteiger partial charge in [0.05, 0.1) is 0 Å². The minimum Gasteiger partial charge on any atom is -0.454 e. The van der Waals surface area contributed by atoms with Crippen LogP contribution < -0.4 is 18.9 Å². The molecule has 4 aliphatic heterocycles. The van der Waals surface area contributed by atoms with Gasteiger partial charge in [-0.15, -0.1) is 0 Å². The van der Waals surface area contributed by atoms with Gasteiger partial charge in [-0.3, -0.25) is 4.90 Å². The highest BCUT2D eigenvalue weighted by molar-refractivity contribution is 5.57. The van der Waals surface area contributed by atoms with Crippen LogP contribution in [0.1, 0.15) is 28.3 Å². The molecule has 122 valence electrons. The van der Waals surface area contributed by atoms with E-state index < -0.39 is 0 Å². The summed E-state index contributed by atoms with van der Waals surface area (Å²) < 4.78 is 22.5. The Hall–Kier alpha value is -2.40. The van der Waals surface area contributed by atoms with Gasteiger partial charge in [-0.1, -0.05) is 12.1 Å². The van der Waals surface area contributed by atoms with E-state index in [1.54, 1.807) is 0 Å². The Morgan fingerprint density at radius 3 is 2.42 bits per heavy atom. The smallest absolute Gasteiger partial charge is 0.231 e. The van der Waals surface area contributed by atoms with Crippen LogP contribution in [-0.2, 0) is 19.4 Å². The van der Waals surface area contributed by atoms with Crippen LogP contribution in [0.4, 0.5) is 0 Å². The summed E-state index contributed by atoms with van der Waals surface area (Å²) in [5.41, 5.74) is 5.38. The van der Waals surface area contributed by atoms with Gasteiger partial charge in [-0.05, 0) is 36.1 Å². The van der Waals surface area contributed by atoms with E-state index in [2.05, 4.69) is 23.1 Å². The van der Waals surface area contributed by atoms with Crippen molar-refractivity contribution in [2.24, 2.45) is 0 Å². The molecule has 1 atom stereocenters. The normalized spacial score (nSPS) is 22.8. The fraction of sp³-hybridized carbons (Fsp3) is 0.368. The van der Waals surface area contributed by atoms with E-state index in [1.165, 1.54) is 22.3 Å². The van der Waals surface area contributed by atoms with Gasteiger partial charge in [0.15, 0.2) is 23.0 Å². The second-order valence-electron chi connectivity index (χ2n) is 6.74. The SMILES string of the molecule is c1cc2c(c3c1C[C@H]1c4ccc5c(c4CCN1C3)OCO5)OCO2. The molecular formula is C19H17NO4. The molecule has 0 aromatic heterocycles. The maximum absolute atomic E-state index is 5.73. The van der Waals surface area contributed by atoms with Gasteiger partial charge in [0.2, 0.25) is 13.6 Å². The number of benzene rings is 2. The number of hydrogen-bond acceptors (Lipinski definition) is 5. The summed E-state index contributed by atoms with van der Waals surface area (Å²) in [6.07, 6.45) is 2.00. The number of ether oxygens (including phenoxy) is 4. The Balaban J connectivity index is 1.45. The lowest BCUT2D eigenvalue weighted by Gasteiger charge is -2.41. The van der Waals surface area contributed by atoms with Crippen molar-refractivity contribution in [3.8, 4) is 23.0 Å². The lowest BCUT2D eigenvalue weighted by Crippen LogP contribution is -2.39. The molecule has 24 heavy (non-hydrogen) atoms. The fourth-order valence-electron chi connectivity index (χ4n) is 4.50. The first kappa shape index (κ1) is 13.0. The van der Waals surface area contributed by atoms with E-state index >= 15 is 0 Å². The zero-order chi connectivity index (χ0) is 15.7. The highest BCUT2D eigenvalue weighted by atomic mass is 16.7. The van der Waals surface area contributed by atoms with Gasteiger partial charge in [0.25, 0.3) is 0 Å². The van der Waals surface area contributed by atoms with Crippen molar-refractivity contribution in [3.63, 3.8) is 0 Å². The average Bonchev–Trinajstić information content (AvgIpc) is 3.28. The summed E-state index contributed by atoms with van der Waals surface area (Å²) in [5.74, 6) is 3.68. The summed E-state index contributed by atoms with van der Waals surface area (Å²) in [4.78, 5) is 2.55. The summed E-state index contributed by atoms with van der Waals surface area (Å²) in [6, 6.07) is 8.91. The van der Waals surface area contributed by atoms with Gasteiger partial charge in [-0.25, -0.2) is 0 Å². The Morgan fingerprint density at radius 2 is 1.58 bits per heavy atom. The molecule has 6 rings (SSSR count). The maximum Gasteiger partial charge on any atom is 0.231 e. The minimum absolute atomic E-state index is 0.335. The van der Waals surface area contributed by atoms with Crippen molar-refractivity contribution in [2.45, 2.75) is 25.4 Å². The van der Waals surface area contributed by atoms with Crippen LogP contribution in [0.5, 0.6) is 23.0 Å². The molecule has 0 bridgehead atoms. The van der Waals surface area contributed by atoms with Gasteiger partial charge >= 0.3 is 0 Å². The molecular weight excluding hydrogens is 306 g/mol. The third-order valence-corrected chi connectivity index (χ3v) is 5.64. The number of hydrogen-bond donors (Lipinski definition) is 0. The highest BCUT2D eigenvalue weighted by Crippen LogP contribution is 2.48. The first-order valence-electron chi connectivity index (χ1n) is 8.44. The van der Waals surface area contributed by atoms with E-state index in [0.29, 0.717) is 19.6 Å². The van der Waals surface area contributed by atoms with Crippen LogP contribution in [-0.4, -0.2) is 25.0 Å². The average molecular weight is 323 g/mol. The molecule has 0 saturated carbocycles. The standard InChI is InChI=1S/C19H17NO4/c1-3-16-19(24-10-21-16)14-8-20-6-5-13-12(15(20)7-11(1)14)2-4-17-18(13)23-9-22-17/h1-4,15H,5-10H2/t15-/m0/s1. The molecule has 0 amide bonds. The summed E-state index contributed by atoms with van der Waals surface area (Å²) >= 11 is 0. The van der Waals surface area contributed by atoms with Crippen LogP contribution in [0, 0.1) is 0 Å². The predicted octanol–water partition coefficient (Wildman–Crippen LogP) is 2.80. The summed E-state index contributed by atoms with van der Waals surface area (Å²) in [5, 5.41) is 0. The molecule has 5 nitrogen and oxygen atoms in total. The molecule has 2 aromatic carbocycles. The van der Waals surface area contributed by atoms with Crippen molar-refractivity contribution in [1.29, 1.82) is 0 Å². The first-order chi connectivity index (χ1) is 11.9. The van der Waals surface area contributed by atoms with Crippen molar-refractivity contribution in [1.82, 2.24) is 4.90 Å². The van der Waals surface area contributed by atoms with E-state index in [9.17, 15) is 0 Å². The zero-order valence-electron chi connectivity index (χ0n) is 13.2. The largest absolute Gasteiger partial charge is 0.454 e. The number of rotatable bonds is 0. The molecule has 0 saturated heterocycles. The van der Waals surface area contributed by atoms with E-state index in [0.717, 1.165) is 48.9 Å². The first-order valence-corrected chi connectivity index (χ1v) is 8.44. The predicted molar refractivity (Wildman–Crippen MR) is 85.7 cm³/mol. The molecule has 0 unspecified atom stereocenters. The Labute approximate surface area is 139 Å². The van der Waals surface area contributed by atoms with Crippen LogP contribution in [0.2, 0.25) is 0 Å². The molecule has 4 aliphatic rings. The zero-order valence-corrected chi connectivity index (χ0v) is 13.2. The van der Waals surface area contributed by atoms with Gasteiger partial charge in [0, 0.05) is 30.3 Å². The molecule has 2 aromatic rings. The maximum atomic E-state index is 5.73. The quantitative estimate of drug-likeness (QED) is 0.745. The van der Waals surface area contributed by atoms with Crippen LogP contribution in [0.3, 0.4) is 0 Å². The van der Waals surface area contributed by atoms with Gasteiger partial charge in [-0.2, -0.15) is 0 Å².